The average molecular weight is 292 g/mol. The summed E-state index contributed by atoms with van der Waals surface area (Å²) in [5.41, 5.74) is 1.12. The minimum Gasteiger partial charge on any atom is -0.493 e. The summed E-state index contributed by atoms with van der Waals surface area (Å²) < 4.78 is 10.9. The van der Waals surface area contributed by atoms with Crippen LogP contribution in [0.15, 0.2) is 18.2 Å². The number of hydrogen-bond donors (Lipinski definition) is 2. The Bertz CT molecular complexity index is 473. The van der Waals surface area contributed by atoms with Gasteiger partial charge in [0, 0.05) is 13.1 Å². The zero-order valence-corrected chi connectivity index (χ0v) is 12.8. The van der Waals surface area contributed by atoms with E-state index in [0.717, 1.165) is 25.2 Å². The fraction of sp³-hybridized carbons (Fsp3) is 0.562. The number of carbonyl (C=O) groups excluding carboxylic acids is 1. The van der Waals surface area contributed by atoms with Gasteiger partial charge in [-0.25, -0.2) is 0 Å². The van der Waals surface area contributed by atoms with Crippen molar-refractivity contribution in [3.05, 3.63) is 23.8 Å². The first kappa shape index (κ1) is 15.6. The molecule has 1 fully saturated rings. The van der Waals surface area contributed by atoms with Crippen molar-refractivity contribution in [1.29, 1.82) is 0 Å². The van der Waals surface area contributed by atoms with Gasteiger partial charge in [-0.3, -0.25) is 4.79 Å². The lowest BCUT2D eigenvalue weighted by atomic mass is 10.2. The molecule has 2 N–H and O–H groups in total. The van der Waals surface area contributed by atoms with E-state index in [1.165, 1.54) is 12.8 Å². The highest BCUT2D eigenvalue weighted by atomic mass is 16.5. The maximum atomic E-state index is 11.7. The summed E-state index contributed by atoms with van der Waals surface area (Å²) in [6, 6.07) is 5.75. The molecule has 0 bridgehead atoms. The number of carbonyl (C=O) groups is 1. The van der Waals surface area contributed by atoms with Crippen LogP contribution < -0.4 is 20.1 Å². The van der Waals surface area contributed by atoms with Crippen LogP contribution in [0.25, 0.3) is 0 Å². The first-order chi connectivity index (χ1) is 10.2. The number of hydrogen-bond acceptors (Lipinski definition) is 4. The molecule has 2 rings (SSSR count). The highest BCUT2D eigenvalue weighted by Gasteiger charge is 2.21. The largest absolute Gasteiger partial charge is 0.493 e. The van der Waals surface area contributed by atoms with Crippen molar-refractivity contribution in [1.82, 2.24) is 10.6 Å². The van der Waals surface area contributed by atoms with Crippen LogP contribution in [0.1, 0.15) is 25.3 Å². The molecule has 1 saturated carbocycles. The molecule has 0 unspecified atom stereocenters. The normalized spacial score (nSPS) is 13.8. The van der Waals surface area contributed by atoms with Crippen molar-refractivity contribution in [3.63, 3.8) is 0 Å². The molecule has 0 spiro atoms. The minimum atomic E-state index is -0.0827. The van der Waals surface area contributed by atoms with E-state index in [2.05, 4.69) is 17.6 Å². The summed E-state index contributed by atoms with van der Waals surface area (Å²) in [5.74, 6) is 1.84. The Morgan fingerprint density at radius 2 is 2.14 bits per heavy atom. The minimum absolute atomic E-state index is 0.0234. The third-order valence-electron chi connectivity index (χ3n) is 3.45. The van der Waals surface area contributed by atoms with Crippen molar-refractivity contribution in [2.45, 2.75) is 26.3 Å². The third-order valence-corrected chi connectivity index (χ3v) is 3.45. The topological polar surface area (TPSA) is 59.6 Å². The second kappa shape index (κ2) is 7.88. The van der Waals surface area contributed by atoms with Crippen LogP contribution in [-0.2, 0) is 11.3 Å². The number of nitrogens with one attached hydrogen (secondary N) is 2. The SMILES string of the molecule is CCNCc1ccc(OCC(=O)NCC2CC2)c(OC)c1. The Balaban J connectivity index is 1.84. The molecule has 0 saturated heterocycles. The van der Waals surface area contributed by atoms with Crippen LogP contribution in [-0.4, -0.2) is 32.7 Å². The highest BCUT2D eigenvalue weighted by molar-refractivity contribution is 5.77. The Labute approximate surface area is 126 Å². The molecule has 1 aromatic rings. The Kier molecular flexibility index (Phi) is 5.87. The van der Waals surface area contributed by atoms with Gasteiger partial charge in [0.05, 0.1) is 7.11 Å². The molecule has 116 valence electrons. The second-order valence-electron chi connectivity index (χ2n) is 5.30. The molecule has 1 aliphatic rings. The summed E-state index contributed by atoms with van der Waals surface area (Å²) in [5, 5.41) is 6.14. The number of benzene rings is 1. The predicted molar refractivity (Wildman–Crippen MR) is 81.6 cm³/mol. The van der Waals surface area contributed by atoms with E-state index in [1.807, 2.05) is 18.2 Å². The summed E-state index contributed by atoms with van der Waals surface area (Å²) in [4.78, 5) is 11.7. The Morgan fingerprint density at radius 1 is 1.33 bits per heavy atom. The number of amides is 1. The van der Waals surface area contributed by atoms with Gasteiger partial charge in [0.2, 0.25) is 0 Å². The summed E-state index contributed by atoms with van der Waals surface area (Å²) in [6.07, 6.45) is 2.45. The Morgan fingerprint density at radius 3 is 2.81 bits per heavy atom. The van der Waals surface area contributed by atoms with Crippen LogP contribution >= 0.6 is 0 Å². The molecular formula is C16H24N2O3. The van der Waals surface area contributed by atoms with Crippen LogP contribution in [0.3, 0.4) is 0 Å². The first-order valence-electron chi connectivity index (χ1n) is 7.50. The lowest BCUT2D eigenvalue weighted by molar-refractivity contribution is -0.123. The monoisotopic (exact) mass is 292 g/mol. The lowest BCUT2D eigenvalue weighted by Crippen LogP contribution is -2.30. The molecule has 0 radical (unpaired) electrons. The van der Waals surface area contributed by atoms with Gasteiger partial charge in [-0.2, -0.15) is 0 Å². The number of rotatable bonds is 9. The summed E-state index contributed by atoms with van der Waals surface area (Å²) in [7, 11) is 1.60. The molecule has 1 amide bonds. The zero-order chi connectivity index (χ0) is 15.1. The molecule has 0 aliphatic heterocycles. The summed E-state index contributed by atoms with van der Waals surface area (Å²) in [6.45, 7) is 4.56. The van der Waals surface area contributed by atoms with Crippen molar-refractivity contribution in [2.75, 3.05) is 26.8 Å². The van der Waals surface area contributed by atoms with Crippen LogP contribution in [0.4, 0.5) is 0 Å². The third kappa shape index (κ3) is 5.27. The smallest absolute Gasteiger partial charge is 0.257 e. The van der Waals surface area contributed by atoms with E-state index in [-0.39, 0.29) is 12.5 Å². The van der Waals surface area contributed by atoms with E-state index in [1.54, 1.807) is 7.11 Å². The molecule has 1 aliphatic carbocycles. The highest BCUT2D eigenvalue weighted by Crippen LogP contribution is 2.28. The first-order valence-corrected chi connectivity index (χ1v) is 7.50. The van der Waals surface area contributed by atoms with Gasteiger partial charge in [-0.05, 0) is 43.0 Å². The van der Waals surface area contributed by atoms with E-state index in [0.29, 0.717) is 17.4 Å². The molecule has 21 heavy (non-hydrogen) atoms. The second-order valence-corrected chi connectivity index (χ2v) is 5.30. The van der Waals surface area contributed by atoms with Gasteiger partial charge in [0.25, 0.3) is 5.91 Å². The van der Waals surface area contributed by atoms with Gasteiger partial charge >= 0.3 is 0 Å². The maximum absolute atomic E-state index is 11.7. The van der Waals surface area contributed by atoms with E-state index in [9.17, 15) is 4.79 Å². The van der Waals surface area contributed by atoms with E-state index < -0.39 is 0 Å². The molecule has 0 heterocycles. The molecule has 5 nitrogen and oxygen atoms in total. The lowest BCUT2D eigenvalue weighted by Gasteiger charge is -2.12. The standard InChI is InChI=1S/C16H24N2O3/c1-3-17-9-13-6-7-14(15(8-13)20-2)21-11-16(19)18-10-12-4-5-12/h6-8,12,17H,3-5,9-11H2,1-2H3,(H,18,19). The zero-order valence-electron chi connectivity index (χ0n) is 12.8. The van der Waals surface area contributed by atoms with Gasteiger partial charge < -0.3 is 20.1 Å². The quantitative estimate of drug-likeness (QED) is 0.727. The van der Waals surface area contributed by atoms with Gasteiger partial charge in [0.1, 0.15) is 0 Å². The molecule has 1 aromatic carbocycles. The molecule has 0 atom stereocenters. The fourth-order valence-electron chi connectivity index (χ4n) is 1.99. The van der Waals surface area contributed by atoms with Crippen LogP contribution in [0, 0.1) is 5.92 Å². The Hall–Kier alpha value is -1.75. The average Bonchev–Trinajstić information content (AvgIpc) is 3.33. The fourth-order valence-corrected chi connectivity index (χ4v) is 1.99. The van der Waals surface area contributed by atoms with Crippen molar-refractivity contribution in [2.24, 2.45) is 5.92 Å². The maximum Gasteiger partial charge on any atom is 0.257 e. The van der Waals surface area contributed by atoms with E-state index in [4.69, 9.17) is 9.47 Å². The number of methoxy groups -OCH3 is 1. The van der Waals surface area contributed by atoms with Gasteiger partial charge in [0.15, 0.2) is 18.1 Å². The van der Waals surface area contributed by atoms with Crippen LogP contribution in [0.2, 0.25) is 0 Å². The summed E-state index contributed by atoms with van der Waals surface area (Å²) >= 11 is 0. The predicted octanol–water partition coefficient (Wildman–Crippen LogP) is 1.71. The van der Waals surface area contributed by atoms with Crippen molar-refractivity contribution >= 4 is 5.91 Å². The molecular weight excluding hydrogens is 268 g/mol. The molecule has 5 heteroatoms. The van der Waals surface area contributed by atoms with Crippen molar-refractivity contribution in [3.8, 4) is 11.5 Å². The molecule has 0 aromatic heterocycles. The van der Waals surface area contributed by atoms with Gasteiger partial charge in [-0.15, -0.1) is 0 Å². The van der Waals surface area contributed by atoms with Crippen molar-refractivity contribution < 1.29 is 14.3 Å². The number of ether oxygens (including phenoxy) is 2. The van der Waals surface area contributed by atoms with Gasteiger partial charge in [-0.1, -0.05) is 13.0 Å². The van der Waals surface area contributed by atoms with E-state index >= 15 is 0 Å². The van der Waals surface area contributed by atoms with Crippen LogP contribution in [0.5, 0.6) is 11.5 Å².